The molecule has 0 saturated carbocycles. The van der Waals surface area contributed by atoms with Crippen LogP contribution in [0.25, 0.3) is 0 Å². The number of rotatable bonds is 10. The zero-order valence-electron chi connectivity index (χ0n) is 19.2. The molecular weight excluding hydrogens is 504 g/mol. The topological polar surface area (TPSA) is 159 Å². The molecule has 0 amide bonds. The summed E-state index contributed by atoms with van der Waals surface area (Å²) in [4.78, 5) is -0.159. The van der Waals surface area contributed by atoms with E-state index < -0.39 is 20.2 Å². The number of hydrogen-bond acceptors (Lipinski definition) is 10. The molecule has 0 heterocycles. The molecule has 0 spiro atoms. The molecule has 0 fully saturated rings. The van der Waals surface area contributed by atoms with Gasteiger partial charge < -0.3 is 10.8 Å². The van der Waals surface area contributed by atoms with Crippen molar-refractivity contribution in [2.24, 2.45) is 10.3 Å². The van der Waals surface area contributed by atoms with Crippen LogP contribution in [0.1, 0.15) is 22.3 Å². The highest BCUT2D eigenvalue weighted by molar-refractivity contribution is 7.87. The molecule has 0 aliphatic rings. The van der Waals surface area contributed by atoms with E-state index in [1.165, 1.54) is 48.5 Å². The summed E-state index contributed by atoms with van der Waals surface area (Å²) >= 11 is 0. The number of nitrogens with zero attached hydrogens (tertiary/aromatic N) is 2. The van der Waals surface area contributed by atoms with Gasteiger partial charge in [0.2, 0.25) is 0 Å². The molecule has 10 nitrogen and oxygen atoms in total. The Morgan fingerprint density at radius 3 is 1.19 bits per heavy atom. The van der Waals surface area contributed by atoms with E-state index in [9.17, 15) is 16.8 Å². The van der Waals surface area contributed by atoms with Crippen molar-refractivity contribution in [2.45, 2.75) is 23.6 Å². The molecule has 0 saturated heterocycles. The number of hydrogen-bond donors (Lipinski definition) is 2. The summed E-state index contributed by atoms with van der Waals surface area (Å²) in [6.45, 7) is 3.63. The Morgan fingerprint density at radius 1 is 0.611 bits per heavy atom. The predicted molar refractivity (Wildman–Crippen MR) is 136 cm³/mol. The molecule has 3 aromatic rings. The maximum absolute atomic E-state index is 12.3. The normalized spacial score (nSPS) is 12.6. The van der Waals surface area contributed by atoms with Crippen molar-refractivity contribution in [3.05, 3.63) is 95.1 Å². The van der Waals surface area contributed by atoms with Crippen molar-refractivity contribution in [3.8, 4) is 0 Å². The lowest BCUT2D eigenvalue weighted by molar-refractivity contribution is 0.339. The van der Waals surface area contributed by atoms with Crippen LogP contribution in [0.2, 0.25) is 0 Å². The van der Waals surface area contributed by atoms with Gasteiger partial charge in [0.25, 0.3) is 0 Å². The number of nitrogens with one attached hydrogen (secondary N) is 2. The predicted octanol–water partition coefficient (Wildman–Crippen LogP) is 3.82. The summed E-state index contributed by atoms with van der Waals surface area (Å²) < 4.78 is 58.9. The second-order valence-corrected chi connectivity index (χ2v) is 10.6. The first-order chi connectivity index (χ1) is 17.1. The molecule has 2 N–H and O–H groups in total. The molecule has 12 heteroatoms. The highest BCUT2D eigenvalue weighted by Gasteiger charge is 2.17. The summed E-state index contributed by atoms with van der Waals surface area (Å²) in [5, 5.41) is 22.3. The van der Waals surface area contributed by atoms with Crippen LogP contribution in [0.15, 0.2) is 92.9 Å². The van der Waals surface area contributed by atoms with Gasteiger partial charge in [0.1, 0.15) is 21.2 Å². The van der Waals surface area contributed by atoms with Gasteiger partial charge in [-0.15, -0.1) is 0 Å². The SMILES string of the molecule is Cc1ccc(S(=O)(=O)ON=C(C=N)c2ccc(/C(C=N)=N\OS(=O)(=O)c3ccc(C)cc3)cc2)cc1. The quantitative estimate of drug-likeness (QED) is 0.302. The van der Waals surface area contributed by atoms with Crippen molar-refractivity contribution in [1.82, 2.24) is 0 Å². The second-order valence-electron chi connectivity index (χ2n) is 7.50. The van der Waals surface area contributed by atoms with Gasteiger partial charge in [0.05, 0.1) is 0 Å². The van der Waals surface area contributed by atoms with Crippen molar-refractivity contribution < 1.29 is 25.4 Å². The van der Waals surface area contributed by atoms with Crippen molar-refractivity contribution in [3.63, 3.8) is 0 Å². The molecule has 0 aliphatic carbocycles. The van der Waals surface area contributed by atoms with E-state index in [0.717, 1.165) is 23.6 Å². The third-order valence-corrected chi connectivity index (χ3v) is 7.08. The molecule has 3 rings (SSSR count). The molecule has 0 bridgehead atoms. The summed E-state index contributed by atoms with van der Waals surface area (Å²) in [5.74, 6) is 0. The lowest BCUT2D eigenvalue weighted by atomic mass is 10.1. The Hall–Kier alpha value is -4.16. The average Bonchev–Trinajstić information content (AvgIpc) is 2.86. The van der Waals surface area contributed by atoms with Gasteiger partial charge in [-0.05, 0) is 38.1 Å². The van der Waals surface area contributed by atoms with E-state index in [-0.39, 0.29) is 21.2 Å². The van der Waals surface area contributed by atoms with Crippen LogP contribution < -0.4 is 0 Å². The van der Waals surface area contributed by atoms with E-state index >= 15 is 0 Å². The molecule has 0 atom stereocenters. The fourth-order valence-electron chi connectivity index (χ4n) is 2.81. The zero-order chi connectivity index (χ0) is 26.3. The molecule has 0 radical (unpaired) electrons. The number of aryl methyl sites for hydroxylation is 2. The zero-order valence-corrected chi connectivity index (χ0v) is 20.9. The van der Waals surface area contributed by atoms with E-state index in [2.05, 4.69) is 10.3 Å². The molecule has 186 valence electrons. The van der Waals surface area contributed by atoms with Gasteiger partial charge >= 0.3 is 20.2 Å². The first-order valence-corrected chi connectivity index (χ1v) is 13.2. The first-order valence-electron chi connectivity index (χ1n) is 10.3. The van der Waals surface area contributed by atoms with Crippen molar-refractivity contribution >= 4 is 44.1 Å². The minimum atomic E-state index is -4.18. The van der Waals surface area contributed by atoms with E-state index in [4.69, 9.17) is 19.4 Å². The van der Waals surface area contributed by atoms with Crippen LogP contribution in [0.4, 0.5) is 0 Å². The third kappa shape index (κ3) is 6.49. The Bertz CT molecular complexity index is 1410. The van der Waals surface area contributed by atoms with E-state index in [1.807, 2.05) is 13.8 Å². The Balaban J connectivity index is 1.78. The van der Waals surface area contributed by atoms with Crippen molar-refractivity contribution in [1.29, 1.82) is 10.8 Å². The average molecular weight is 527 g/mol. The number of benzene rings is 3. The minimum absolute atomic E-state index is 0.0797. The van der Waals surface area contributed by atoms with Gasteiger partial charge in [0, 0.05) is 23.6 Å². The maximum atomic E-state index is 12.3. The minimum Gasteiger partial charge on any atom is -0.306 e. The summed E-state index contributed by atoms with van der Waals surface area (Å²) in [7, 11) is -8.35. The molecule has 0 unspecified atom stereocenters. The van der Waals surface area contributed by atoms with E-state index in [1.54, 1.807) is 24.3 Å². The summed E-state index contributed by atoms with van der Waals surface area (Å²) in [6, 6.07) is 17.9. The molecule has 0 aliphatic heterocycles. The first kappa shape index (κ1) is 26.4. The molecule has 3 aromatic carbocycles. The maximum Gasteiger partial charge on any atom is 0.358 e. The number of oxime groups is 2. The van der Waals surface area contributed by atoms with Gasteiger partial charge in [-0.2, -0.15) is 16.8 Å². The highest BCUT2D eigenvalue weighted by atomic mass is 32.2. The van der Waals surface area contributed by atoms with Crippen LogP contribution in [0.3, 0.4) is 0 Å². The Morgan fingerprint density at radius 2 is 0.917 bits per heavy atom. The third-order valence-electron chi connectivity index (χ3n) is 4.84. The van der Waals surface area contributed by atoms with Crippen LogP contribution in [-0.4, -0.2) is 40.7 Å². The van der Waals surface area contributed by atoms with Crippen LogP contribution in [0.5, 0.6) is 0 Å². The smallest absolute Gasteiger partial charge is 0.306 e. The van der Waals surface area contributed by atoms with Gasteiger partial charge in [-0.25, -0.2) is 0 Å². The van der Waals surface area contributed by atoms with Gasteiger partial charge in [-0.3, -0.25) is 8.57 Å². The van der Waals surface area contributed by atoms with Crippen LogP contribution in [-0.2, 0) is 28.8 Å². The van der Waals surface area contributed by atoms with Crippen molar-refractivity contribution in [2.75, 3.05) is 0 Å². The van der Waals surface area contributed by atoms with Crippen LogP contribution in [0, 0.1) is 24.7 Å². The largest absolute Gasteiger partial charge is 0.358 e. The summed E-state index contributed by atoms with van der Waals surface area (Å²) in [6.07, 6.45) is 1.64. The standard InChI is InChI=1S/C24H22N4O6S2/c1-17-3-11-21(12-4-17)35(29,30)33-27-23(15-25)19-7-9-20(10-8-19)24(16-26)28-34-36(31,32)22-13-5-18(2)6-14-22/h3-16,25-26H,1-2H3/b25-15?,26-16?,27-23-,28-24?. The molecule has 0 aromatic heterocycles. The highest BCUT2D eigenvalue weighted by Crippen LogP contribution is 2.16. The molecular formula is C24H22N4O6S2. The lowest BCUT2D eigenvalue weighted by Crippen LogP contribution is -2.10. The molecule has 36 heavy (non-hydrogen) atoms. The van der Waals surface area contributed by atoms with Crippen LogP contribution >= 0.6 is 0 Å². The van der Waals surface area contributed by atoms with Gasteiger partial charge in [-0.1, -0.05) is 70.0 Å². The fraction of sp³-hybridized carbons (Fsp3) is 0.0833. The fourth-order valence-corrected chi connectivity index (χ4v) is 4.28. The Labute approximate surface area is 209 Å². The lowest BCUT2D eigenvalue weighted by Gasteiger charge is -2.06. The Kier molecular flexibility index (Phi) is 8.12. The van der Waals surface area contributed by atoms with E-state index in [0.29, 0.717) is 11.1 Å². The van der Waals surface area contributed by atoms with Gasteiger partial charge in [0.15, 0.2) is 0 Å². The summed E-state index contributed by atoms with van der Waals surface area (Å²) in [5.41, 5.74) is 2.27. The second kappa shape index (κ2) is 11.1. The monoisotopic (exact) mass is 526 g/mol.